The van der Waals surface area contributed by atoms with Gasteiger partial charge in [0, 0.05) is 5.92 Å². The largest absolute Gasteiger partial charge is 0.393 e. The first-order valence-electron chi connectivity index (χ1n) is 4.48. The van der Waals surface area contributed by atoms with Crippen molar-refractivity contribution in [2.45, 2.75) is 32.3 Å². The zero-order valence-corrected chi connectivity index (χ0v) is 7.70. The summed E-state index contributed by atoms with van der Waals surface area (Å²) in [6, 6.07) is 10.1. The molecule has 0 aliphatic heterocycles. The van der Waals surface area contributed by atoms with E-state index < -0.39 is 0 Å². The quantitative estimate of drug-likeness (QED) is 0.728. The Hall–Kier alpha value is -0.820. The van der Waals surface area contributed by atoms with Gasteiger partial charge >= 0.3 is 0 Å². The van der Waals surface area contributed by atoms with Gasteiger partial charge in [-0.2, -0.15) is 0 Å². The Morgan fingerprint density at radius 3 is 2.33 bits per heavy atom. The molecule has 1 nitrogen and oxygen atoms in total. The molecule has 0 amide bonds. The lowest BCUT2D eigenvalue weighted by Gasteiger charge is -2.17. The van der Waals surface area contributed by atoms with Crippen LogP contribution in [0.4, 0.5) is 0 Å². The van der Waals surface area contributed by atoms with Gasteiger partial charge in [0.15, 0.2) is 0 Å². The summed E-state index contributed by atoms with van der Waals surface area (Å²) in [4.78, 5) is 0. The van der Waals surface area contributed by atoms with E-state index in [1.54, 1.807) is 0 Å². The third-order valence-electron chi connectivity index (χ3n) is 2.32. The van der Waals surface area contributed by atoms with Crippen LogP contribution in [-0.2, 0) is 0 Å². The summed E-state index contributed by atoms with van der Waals surface area (Å²) in [7, 11) is 0. The molecule has 0 radical (unpaired) electrons. The van der Waals surface area contributed by atoms with Gasteiger partial charge in [-0.3, -0.25) is 0 Å². The first-order valence-corrected chi connectivity index (χ1v) is 4.48. The lowest BCUT2D eigenvalue weighted by atomic mass is 9.94. The Morgan fingerprint density at radius 2 is 1.83 bits per heavy atom. The fourth-order valence-electron chi connectivity index (χ4n) is 1.33. The van der Waals surface area contributed by atoms with Gasteiger partial charge in [-0.25, -0.2) is 0 Å². The number of hydrogen-bond acceptors (Lipinski definition) is 1. The first-order chi connectivity index (χ1) is 5.75. The van der Waals surface area contributed by atoms with Crippen molar-refractivity contribution >= 4 is 0 Å². The van der Waals surface area contributed by atoms with E-state index in [1.165, 1.54) is 5.56 Å². The summed E-state index contributed by atoms with van der Waals surface area (Å²) in [5.41, 5.74) is 1.21. The predicted molar refractivity (Wildman–Crippen MR) is 51.2 cm³/mol. The minimum absolute atomic E-state index is 0.215. The molecule has 1 aromatic rings. The van der Waals surface area contributed by atoms with E-state index in [9.17, 15) is 5.11 Å². The minimum Gasteiger partial charge on any atom is -0.393 e. The molecular weight excluding hydrogens is 148 g/mol. The van der Waals surface area contributed by atoms with Gasteiger partial charge in [0.2, 0.25) is 0 Å². The van der Waals surface area contributed by atoms with Crippen LogP contribution in [0.15, 0.2) is 30.3 Å². The van der Waals surface area contributed by atoms with Gasteiger partial charge in [-0.15, -0.1) is 0 Å². The smallest absolute Gasteiger partial charge is 0.0603 e. The molecule has 1 rings (SSSR count). The third-order valence-corrected chi connectivity index (χ3v) is 2.32. The van der Waals surface area contributed by atoms with Gasteiger partial charge < -0.3 is 5.11 Å². The molecule has 1 N–H and O–H groups in total. The van der Waals surface area contributed by atoms with E-state index >= 15 is 0 Å². The Kier molecular flexibility index (Phi) is 3.30. The van der Waals surface area contributed by atoms with E-state index in [-0.39, 0.29) is 12.0 Å². The Bertz CT molecular complexity index is 218. The van der Waals surface area contributed by atoms with Crippen molar-refractivity contribution in [2.24, 2.45) is 0 Å². The molecule has 0 spiro atoms. The summed E-state index contributed by atoms with van der Waals surface area (Å²) in [5.74, 6) is 0.246. The molecule has 0 saturated carbocycles. The maximum atomic E-state index is 9.58. The molecule has 0 aromatic heterocycles. The highest BCUT2D eigenvalue weighted by Gasteiger charge is 2.12. The number of rotatable bonds is 3. The van der Waals surface area contributed by atoms with Gasteiger partial charge in [-0.1, -0.05) is 44.2 Å². The van der Waals surface area contributed by atoms with Crippen molar-refractivity contribution < 1.29 is 5.11 Å². The summed E-state index contributed by atoms with van der Waals surface area (Å²) in [6.07, 6.45) is 0.600. The molecule has 0 saturated heterocycles. The van der Waals surface area contributed by atoms with Gasteiger partial charge in [0.05, 0.1) is 6.10 Å². The normalized spacial score (nSPS) is 15.6. The highest BCUT2D eigenvalue weighted by Crippen LogP contribution is 2.20. The summed E-state index contributed by atoms with van der Waals surface area (Å²) >= 11 is 0. The van der Waals surface area contributed by atoms with Gasteiger partial charge in [0.1, 0.15) is 0 Å². The van der Waals surface area contributed by atoms with Crippen LogP contribution in [0.1, 0.15) is 31.7 Å². The molecule has 2 atom stereocenters. The Balaban J connectivity index is 2.71. The maximum absolute atomic E-state index is 9.58. The second kappa shape index (κ2) is 4.27. The number of hydrogen-bond donors (Lipinski definition) is 1. The predicted octanol–water partition coefficient (Wildman–Crippen LogP) is 2.56. The molecule has 0 aliphatic carbocycles. The molecule has 0 heterocycles. The van der Waals surface area contributed by atoms with Crippen molar-refractivity contribution in [1.82, 2.24) is 0 Å². The van der Waals surface area contributed by atoms with Crippen molar-refractivity contribution in [3.8, 4) is 0 Å². The van der Waals surface area contributed by atoms with E-state index in [4.69, 9.17) is 0 Å². The average Bonchev–Trinajstić information content (AvgIpc) is 2.17. The topological polar surface area (TPSA) is 20.2 Å². The molecular formula is C11H16O. The van der Waals surface area contributed by atoms with E-state index in [1.807, 2.05) is 25.1 Å². The zero-order valence-electron chi connectivity index (χ0n) is 7.70. The number of aliphatic hydroxyl groups is 1. The lowest BCUT2D eigenvalue weighted by Crippen LogP contribution is -2.14. The van der Waals surface area contributed by atoms with Crippen LogP contribution in [0.3, 0.4) is 0 Å². The summed E-state index contributed by atoms with van der Waals surface area (Å²) in [6.45, 7) is 4.06. The number of benzene rings is 1. The van der Waals surface area contributed by atoms with Crippen LogP contribution in [0, 0.1) is 0 Å². The van der Waals surface area contributed by atoms with Crippen LogP contribution in [0.5, 0.6) is 0 Å². The van der Waals surface area contributed by atoms with Crippen LogP contribution in [0.2, 0.25) is 0 Å². The second-order valence-corrected chi connectivity index (χ2v) is 3.17. The van der Waals surface area contributed by atoms with Gasteiger partial charge in [0.25, 0.3) is 0 Å². The van der Waals surface area contributed by atoms with Crippen molar-refractivity contribution in [1.29, 1.82) is 0 Å². The highest BCUT2D eigenvalue weighted by molar-refractivity contribution is 5.19. The Morgan fingerprint density at radius 1 is 1.25 bits per heavy atom. The van der Waals surface area contributed by atoms with Crippen LogP contribution >= 0.6 is 0 Å². The highest BCUT2D eigenvalue weighted by atomic mass is 16.3. The van der Waals surface area contributed by atoms with Crippen LogP contribution in [-0.4, -0.2) is 11.2 Å². The van der Waals surface area contributed by atoms with E-state index in [0.29, 0.717) is 0 Å². The zero-order chi connectivity index (χ0) is 8.97. The minimum atomic E-state index is -0.215. The molecule has 1 aromatic carbocycles. The average molecular weight is 164 g/mol. The molecule has 0 aliphatic rings. The fourth-order valence-corrected chi connectivity index (χ4v) is 1.33. The standard InChI is InChI=1S/C11H16O/c1-3-11(12)9(2)10-7-5-4-6-8-10/h4-9,11-12H,3H2,1-2H3/t9-,11?/m0/s1. The third kappa shape index (κ3) is 2.08. The SMILES string of the molecule is CCC(O)[C@@H](C)c1ccccc1. The summed E-state index contributed by atoms with van der Waals surface area (Å²) < 4.78 is 0. The van der Waals surface area contributed by atoms with Crippen LogP contribution < -0.4 is 0 Å². The second-order valence-electron chi connectivity index (χ2n) is 3.17. The summed E-state index contributed by atoms with van der Waals surface area (Å²) in [5, 5.41) is 9.58. The lowest BCUT2D eigenvalue weighted by molar-refractivity contribution is 0.145. The van der Waals surface area contributed by atoms with Crippen LogP contribution in [0.25, 0.3) is 0 Å². The molecule has 0 bridgehead atoms. The molecule has 1 heteroatoms. The maximum Gasteiger partial charge on any atom is 0.0603 e. The molecule has 12 heavy (non-hydrogen) atoms. The van der Waals surface area contributed by atoms with Crippen molar-refractivity contribution in [3.63, 3.8) is 0 Å². The molecule has 0 fully saturated rings. The van der Waals surface area contributed by atoms with Crippen molar-refractivity contribution in [3.05, 3.63) is 35.9 Å². The van der Waals surface area contributed by atoms with Gasteiger partial charge in [-0.05, 0) is 12.0 Å². The van der Waals surface area contributed by atoms with Crippen molar-refractivity contribution in [2.75, 3.05) is 0 Å². The monoisotopic (exact) mass is 164 g/mol. The molecule has 66 valence electrons. The van der Waals surface area contributed by atoms with E-state index in [2.05, 4.69) is 19.1 Å². The first kappa shape index (κ1) is 9.27. The fraction of sp³-hybridized carbons (Fsp3) is 0.455. The van der Waals surface area contributed by atoms with E-state index in [0.717, 1.165) is 6.42 Å². The number of aliphatic hydroxyl groups excluding tert-OH is 1. The Labute approximate surface area is 74.1 Å². The molecule has 1 unspecified atom stereocenters.